The van der Waals surface area contributed by atoms with Crippen molar-refractivity contribution in [2.45, 2.75) is 71.5 Å². The van der Waals surface area contributed by atoms with Crippen molar-refractivity contribution in [2.24, 2.45) is 5.73 Å². The lowest BCUT2D eigenvalue weighted by Gasteiger charge is -2.31. The van der Waals surface area contributed by atoms with Gasteiger partial charge in [0.2, 0.25) is 5.91 Å². The molecule has 1 atom stereocenters. The van der Waals surface area contributed by atoms with Crippen molar-refractivity contribution >= 4 is 17.7 Å². The Morgan fingerprint density at radius 2 is 2.11 bits per heavy atom. The maximum absolute atomic E-state index is 12.2. The van der Waals surface area contributed by atoms with Gasteiger partial charge in [0.05, 0.1) is 25.6 Å². The Bertz CT molecular complexity index is 935. The number of aromatic nitrogens is 2. The second-order valence-corrected chi connectivity index (χ2v) is 9.20. The lowest BCUT2D eigenvalue weighted by atomic mass is 10.0. The Morgan fingerprint density at radius 3 is 2.77 bits per heavy atom. The number of rotatable bonds is 10. The molecule has 10 heteroatoms. The average molecular weight is 489 g/mol. The van der Waals surface area contributed by atoms with Crippen LogP contribution < -0.4 is 16.0 Å². The topological polar surface area (TPSA) is 115 Å². The highest BCUT2D eigenvalue weighted by Crippen LogP contribution is 2.34. The minimum Gasteiger partial charge on any atom is -0.466 e. The average Bonchev–Trinajstić information content (AvgIpc) is 3.23. The molecule has 2 aliphatic heterocycles. The molecule has 1 saturated heterocycles. The van der Waals surface area contributed by atoms with Gasteiger partial charge < -0.3 is 30.3 Å². The molecule has 0 radical (unpaired) electrons. The minimum absolute atomic E-state index is 0.0502. The van der Waals surface area contributed by atoms with Crippen LogP contribution in [0.25, 0.3) is 0 Å². The first-order chi connectivity index (χ1) is 16.8. The molecular weight excluding hydrogens is 448 g/mol. The number of fused-ring (bicyclic) bond motifs is 1. The van der Waals surface area contributed by atoms with E-state index < -0.39 is 0 Å². The molecular formula is C25H40N6O4. The molecule has 1 amide bonds. The van der Waals surface area contributed by atoms with E-state index in [0.29, 0.717) is 32.2 Å². The van der Waals surface area contributed by atoms with Crippen molar-refractivity contribution in [3.8, 4) is 0 Å². The van der Waals surface area contributed by atoms with Gasteiger partial charge in [0, 0.05) is 76.0 Å². The van der Waals surface area contributed by atoms with Crippen molar-refractivity contribution < 1.29 is 19.1 Å². The van der Waals surface area contributed by atoms with Crippen molar-refractivity contribution in [1.82, 2.24) is 20.0 Å². The summed E-state index contributed by atoms with van der Waals surface area (Å²) < 4.78 is 12.9. The molecule has 0 aliphatic carbocycles. The minimum atomic E-state index is -0.259. The van der Waals surface area contributed by atoms with Gasteiger partial charge in [0.25, 0.3) is 0 Å². The Labute approximate surface area is 208 Å². The SMILES string of the molecule is CCOC(=O)C/C(=C/N/C=C\N)CC(C)N(C)c1nn(C2CCOCC2)c2c1CN(C(C)=O)CC2. The van der Waals surface area contributed by atoms with Gasteiger partial charge in [-0.05, 0) is 38.7 Å². The molecule has 3 rings (SSSR count). The molecule has 1 aromatic rings. The van der Waals surface area contributed by atoms with Crippen LogP contribution in [-0.4, -0.2) is 66.0 Å². The van der Waals surface area contributed by atoms with Crippen molar-refractivity contribution in [3.05, 3.63) is 35.4 Å². The van der Waals surface area contributed by atoms with Crippen LogP contribution in [0.4, 0.5) is 5.82 Å². The van der Waals surface area contributed by atoms with E-state index >= 15 is 0 Å². The van der Waals surface area contributed by atoms with Gasteiger partial charge in [-0.3, -0.25) is 14.3 Å². The number of nitrogens with zero attached hydrogens (tertiary/aromatic N) is 4. The number of carbonyl (C=O) groups excluding carboxylic acids is 2. The fourth-order valence-electron chi connectivity index (χ4n) is 4.74. The fourth-order valence-corrected chi connectivity index (χ4v) is 4.74. The molecule has 3 N–H and O–H groups in total. The van der Waals surface area contributed by atoms with Gasteiger partial charge in [-0.1, -0.05) is 0 Å². The second kappa shape index (κ2) is 12.6. The number of hydrogen-bond donors (Lipinski definition) is 2. The van der Waals surface area contributed by atoms with E-state index in [4.69, 9.17) is 20.3 Å². The first kappa shape index (κ1) is 26.6. The van der Waals surface area contributed by atoms with Gasteiger partial charge >= 0.3 is 5.97 Å². The molecule has 0 spiro atoms. The normalized spacial score (nSPS) is 17.8. The van der Waals surface area contributed by atoms with Gasteiger partial charge in [-0.25, -0.2) is 0 Å². The number of anilines is 1. The van der Waals surface area contributed by atoms with Crippen LogP contribution in [-0.2, 0) is 32.0 Å². The number of esters is 1. The third kappa shape index (κ3) is 6.78. The van der Waals surface area contributed by atoms with Crippen LogP contribution in [0.15, 0.2) is 24.2 Å². The third-order valence-corrected chi connectivity index (χ3v) is 6.76. The maximum Gasteiger partial charge on any atom is 0.309 e. The van der Waals surface area contributed by atoms with E-state index in [1.54, 1.807) is 26.2 Å². The van der Waals surface area contributed by atoms with Gasteiger partial charge in [0.15, 0.2) is 5.82 Å². The molecule has 35 heavy (non-hydrogen) atoms. The molecule has 0 aromatic carbocycles. The monoisotopic (exact) mass is 488 g/mol. The van der Waals surface area contributed by atoms with E-state index in [1.807, 2.05) is 11.9 Å². The fraction of sp³-hybridized carbons (Fsp3) is 0.640. The predicted octanol–water partition coefficient (Wildman–Crippen LogP) is 2.21. The molecule has 1 fully saturated rings. The Balaban J connectivity index is 1.86. The molecule has 10 nitrogen and oxygen atoms in total. The Morgan fingerprint density at radius 1 is 1.37 bits per heavy atom. The molecule has 0 bridgehead atoms. The van der Waals surface area contributed by atoms with E-state index in [1.165, 1.54) is 11.9 Å². The summed E-state index contributed by atoms with van der Waals surface area (Å²) in [5.74, 6) is 0.718. The highest BCUT2D eigenvalue weighted by atomic mass is 16.5. The van der Waals surface area contributed by atoms with Gasteiger partial charge in [0.1, 0.15) is 0 Å². The highest BCUT2D eigenvalue weighted by molar-refractivity contribution is 5.74. The first-order valence-corrected chi connectivity index (χ1v) is 12.5. The number of ether oxygens (including phenoxy) is 2. The molecule has 0 saturated carbocycles. The van der Waals surface area contributed by atoms with E-state index in [0.717, 1.165) is 49.4 Å². The molecule has 1 unspecified atom stereocenters. The summed E-state index contributed by atoms with van der Waals surface area (Å²) in [5, 5.41) is 8.11. The lowest BCUT2D eigenvalue weighted by Crippen LogP contribution is -2.36. The van der Waals surface area contributed by atoms with Crippen LogP contribution >= 0.6 is 0 Å². The van der Waals surface area contributed by atoms with Gasteiger partial charge in [-0.15, -0.1) is 0 Å². The summed E-state index contributed by atoms with van der Waals surface area (Å²) >= 11 is 0. The Hall–Kier alpha value is -3.01. The van der Waals surface area contributed by atoms with Crippen LogP contribution in [0.1, 0.15) is 63.8 Å². The summed E-state index contributed by atoms with van der Waals surface area (Å²) in [4.78, 5) is 28.4. The summed E-state index contributed by atoms with van der Waals surface area (Å²) in [6.45, 7) is 8.64. The zero-order valence-electron chi connectivity index (χ0n) is 21.5. The maximum atomic E-state index is 12.2. The largest absolute Gasteiger partial charge is 0.466 e. The summed E-state index contributed by atoms with van der Waals surface area (Å²) in [7, 11) is 2.03. The van der Waals surface area contributed by atoms with Crippen molar-refractivity contribution in [1.29, 1.82) is 0 Å². The number of hydrogen-bond acceptors (Lipinski definition) is 8. The molecule has 2 aliphatic rings. The summed E-state index contributed by atoms with van der Waals surface area (Å²) in [5.41, 5.74) is 8.68. The standard InChI is InChI=1S/C25H40N6O4/c1-5-35-24(33)15-20(16-27-10-9-26)14-18(2)29(4)25-22-17-30(19(3)32)11-6-23(22)31(28-25)21-7-12-34-13-8-21/h9-10,16,18,21,27H,5-8,11-15,17,26H2,1-4H3/b10-9-,20-16+. The van der Waals surface area contributed by atoms with Crippen LogP contribution in [0, 0.1) is 0 Å². The molecule has 194 valence electrons. The van der Waals surface area contributed by atoms with Crippen molar-refractivity contribution in [3.63, 3.8) is 0 Å². The lowest BCUT2D eigenvalue weighted by molar-refractivity contribution is -0.142. The van der Waals surface area contributed by atoms with E-state index in [2.05, 4.69) is 21.8 Å². The summed E-state index contributed by atoms with van der Waals surface area (Å²) in [6, 6.07) is 0.361. The number of carbonyl (C=O) groups is 2. The van der Waals surface area contributed by atoms with Crippen LogP contribution in [0.3, 0.4) is 0 Å². The quantitative estimate of drug-likeness (QED) is 0.482. The number of nitrogens with two attached hydrogens (primary N) is 1. The number of amides is 1. The first-order valence-electron chi connectivity index (χ1n) is 12.5. The van der Waals surface area contributed by atoms with Crippen molar-refractivity contribution in [2.75, 3.05) is 38.3 Å². The van der Waals surface area contributed by atoms with E-state index in [9.17, 15) is 9.59 Å². The smallest absolute Gasteiger partial charge is 0.309 e. The third-order valence-electron chi connectivity index (χ3n) is 6.76. The highest BCUT2D eigenvalue weighted by Gasteiger charge is 2.32. The van der Waals surface area contributed by atoms with Gasteiger partial charge in [-0.2, -0.15) is 5.10 Å². The zero-order chi connectivity index (χ0) is 25.4. The molecule has 3 heterocycles. The zero-order valence-corrected chi connectivity index (χ0v) is 21.5. The molecule has 1 aromatic heterocycles. The van der Waals surface area contributed by atoms with Crippen LogP contribution in [0.2, 0.25) is 0 Å². The second-order valence-electron chi connectivity index (χ2n) is 9.20. The Kier molecular flexibility index (Phi) is 9.59. The number of nitrogens with one attached hydrogen (secondary N) is 1. The predicted molar refractivity (Wildman–Crippen MR) is 134 cm³/mol. The van der Waals surface area contributed by atoms with E-state index in [-0.39, 0.29) is 24.3 Å². The van der Waals surface area contributed by atoms with Crippen LogP contribution in [0.5, 0.6) is 0 Å². The summed E-state index contributed by atoms with van der Waals surface area (Å²) in [6.07, 6.45) is 8.33.